The lowest BCUT2D eigenvalue weighted by Gasteiger charge is -2.35. The van der Waals surface area contributed by atoms with Gasteiger partial charge in [-0.05, 0) is 29.8 Å². The molecule has 1 heterocycles. The van der Waals surface area contributed by atoms with Gasteiger partial charge in [0.2, 0.25) is 0 Å². The zero-order valence-electron chi connectivity index (χ0n) is 19.1. The van der Waals surface area contributed by atoms with E-state index in [-0.39, 0.29) is 22.7 Å². The Morgan fingerprint density at radius 1 is 0.971 bits per heavy atom. The fourth-order valence-electron chi connectivity index (χ4n) is 3.72. The van der Waals surface area contributed by atoms with Crippen molar-refractivity contribution in [1.29, 1.82) is 5.26 Å². The third kappa shape index (κ3) is 4.72. The molecule has 0 spiro atoms. The molecule has 9 heteroatoms. The topological polar surface area (TPSA) is 124 Å². The Hall–Kier alpha value is -4.29. The number of carbonyl (C=O) groups is 2. The molecule has 2 N–H and O–H groups in total. The molecule has 0 saturated carbocycles. The van der Waals surface area contributed by atoms with Gasteiger partial charge in [0, 0.05) is 12.8 Å². The molecule has 0 saturated heterocycles. The molecule has 1 unspecified atom stereocenters. The molecule has 3 rings (SSSR count). The maximum Gasteiger partial charge on any atom is 0.355 e. The summed E-state index contributed by atoms with van der Waals surface area (Å²) in [6, 6.07) is 17.6. The van der Waals surface area contributed by atoms with Gasteiger partial charge in [-0.1, -0.05) is 30.3 Å². The van der Waals surface area contributed by atoms with E-state index in [1.807, 2.05) is 0 Å². The van der Waals surface area contributed by atoms with Crippen LogP contribution in [0.1, 0.15) is 11.5 Å². The molecular weight excluding hydrogens is 438 g/mol. The second-order valence-electron chi connectivity index (χ2n) is 7.17. The van der Waals surface area contributed by atoms with Crippen LogP contribution in [0.25, 0.3) is 0 Å². The molecule has 2 aromatic rings. The van der Waals surface area contributed by atoms with Crippen molar-refractivity contribution in [1.82, 2.24) is 0 Å². The van der Waals surface area contributed by atoms with E-state index < -0.39 is 17.9 Å². The Morgan fingerprint density at radius 3 is 2.18 bits per heavy atom. The molecule has 0 aromatic heterocycles. The number of benzene rings is 2. The van der Waals surface area contributed by atoms with Crippen molar-refractivity contribution in [3.63, 3.8) is 0 Å². The molecule has 0 bridgehead atoms. The average molecular weight is 463 g/mol. The van der Waals surface area contributed by atoms with Crippen molar-refractivity contribution in [3.8, 4) is 11.8 Å². The number of rotatable bonds is 8. The third-order valence-electron chi connectivity index (χ3n) is 5.26. The van der Waals surface area contributed by atoms with Crippen molar-refractivity contribution in [2.75, 3.05) is 39.4 Å². The predicted octanol–water partition coefficient (Wildman–Crippen LogP) is 2.61. The third-order valence-corrected chi connectivity index (χ3v) is 5.26. The second-order valence-corrected chi connectivity index (χ2v) is 7.17. The maximum atomic E-state index is 13.0. The average Bonchev–Trinajstić information content (AvgIpc) is 2.88. The molecule has 9 nitrogen and oxygen atoms in total. The SMILES string of the molecule is COCCOc1ccc(N2C(N)=C(C#N)C(c3ccccc3)C(C(=O)OC)=C2C(=O)OC)cc1. The van der Waals surface area contributed by atoms with Gasteiger partial charge >= 0.3 is 11.9 Å². The van der Waals surface area contributed by atoms with Crippen molar-refractivity contribution in [2.45, 2.75) is 5.92 Å². The van der Waals surface area contributed by atoms with Crippen molar-refractivity contribution in [3.05, 3.63) is 82.8 Å². The highest BCUT2D eigenvalue weighted by molar-refractivity contribution is 6.06. The van der Waals surface area contributed by atoms with Crippen LogP contribution in [0, 0.1) is 11.3 Å². The van der Waals surface area contributed by atoms with Gasteiger partial charge in [-0.2, -0.15) is 5.26 Å². The minimum atomic E-state index is -0.916. The fraction of sp³-hybridized carbons (Fsp3) is 0.240. The van der Waals surface area contributed by atoms with E-state index in [9.17, 15) is 14.9 Å². The molecule has 1 aliphatic heterocycles. The van der Waals surface area contributed by atoms with E-state index in [1.54, 1.807) is 61.7 Å². The number of hydrogen-bond acceptors (Lipinski definition) is 9. The first kappa shape index (κ1) is 24.4. The van der Waals surface area contributed by atoms with E-state index in [4.69, 9.17) is 24.7 Å². The van der Waals surface area contributed by atoms with Gasteiger partial charge in [0.05, 0.1) is 44.0 Å². The summed E-state index contributed by atoms with van der Waals surface area (Å²) in [5, 5.41) is 10.0. The van der Waals surface area contributed by atoms with Crippen molar-refractivity contribution < 1.29 is 28.5 Å². The van der Waals surface area contributed by atoms with E-state index in [0.29, 0.717) is 30.2 Å². The lowest BCUT2D eigenvalue weighted by atomic mass is 9.81. The van der Waals surface area contributed by atoms with Gasteiger partial charge < -0.3 is 24.7 Å². The standard InChI is InChI=1S/C25H25N3O6/c1-31-13-14-34-18-11-9-17(10-12-18)28-22(25(30)33-3)21(24(29)32-2)20(19(15-26)23(28)27)16-7-5-4-6-8-16/h4-12,20H,13-14,27H2,1-3H3. The number of esters is 2. The van der Waals surface area contributed by atoms with E-state index >= 15 is 0 Å². The van der Waals surface area contributed by atoms with E-state index in [1.165, 1.54) is 19.1 Å². The van der Waals surface area contributed by atoms with Crippen molar-refractivity contribution in [2.24, 2.45) is 5.73 Å². The fourth-order valence-corrected chi connectivity index (χ4v) is 3.72. The molecule has 2 aromatic carbocycles. The summed E-state index contributed by atoms with van der Waals surface area (Å²) >= 11 is 0. The summed E-state index contributed by atoms with van der Waals surface area (Å²) in [6.07, 6.45) is 0. The smallest absolute Gasteiger partial charge is 0.355 e. The van der Waals surface area contributed by atoms with Gasteiger partial charge in [-0.15, -0.1) is 0 Å². The monoisotopic (exact) mass is 463 g/mol. The number of ether oxygens (including phenoxy) is 4. The number of allylic oxidation sites excluding steroid dienone is 1. The Balaban J connectivity index is 2.22. The number of carbonyl (C=O) groups excluding carboxylic acids is 2. The summed E-state index contributed by atoms with van der Waals surface area (Å²) in [4.78, 5) is 27.3. The minimum Gasteiger partial charge on any atom is -0.491 e. The van der Waals surface area contributed by atoms with Crippen LogP contribution < -0.4 is 15.4 Å². The summed E-state index contributed by atoms with van der Waals surface area (Å²) in [6.45, 7) is 0.784. The largest absolute Gasteiger partial charge is 0.491 e. The highest BCUT2D eigenvalue weighted by Gasteiger charge is 2.42. The minimum absolute atomic E-state index is 0.00235. The molecule has 0 aliphatic carbocycles. The molecule has 1 atom stereocenters. The van der Waals surface area contributed by atoms with Crippen LogP contribution in [-0.2, 0) is 23.8 Å². The van der Waals surface area contributed by atoms with E-state index in [2.05, 4.69) is 6.07 Å². The second kappa shape index (κ2) is 11.0. The summed E-state index contributed by atoms with van der Waals surface area (Å²) in [5.74, 6) is -1.93. The molecule has 0 amide bonds. The Bertz CT molecular complexity index is 1150. The first-order chi connectivity index (χ1) is 16.5. The number of nitriles is 1. The van der Waals surface area contributed by atoms with Gasteiger partial charge in [0.25, 0.3) is 0 Å². The van der Waals surface area contributed by atoms with Crippen LogP contribution in [-0.4, -0.2) is 46.5 Å². The van der Waals surface area contributed by atoms with Gasteiger partial charge in [-0.25, -0.2) is 9.59 Å². The quantitative estimate of drug-likeness (QED) is 0.465. The van der Waals surface area contributed by atoms with Gasteiger partial charge in [0.1, 0.15) is 23.9 Å². The molecule has 0 radical (unpaired) electrons. The lowest BCUT2D eigenvalue weighted by Crippen LogP contribution is -2.40. The summed E-state index contributed by atoms with van der Waals surface area (Å²) < 4.78 is 20.6. The molecule has 0 fully saturated rings. The Labute approximate surface area is 197 Å². The number of anilines is 1. The highest BCUT2D eigenvalue weighted by atomic mass is 16.5. The normalized spacial score (nSPS) is 15.6. The van der Waals surface area contributed by atoms with Crippen LogP contribution in [0.4, 0.5) is 5.69 Å². The number of methoxy groups -OCH3 is 3. The summed E-state index contributed by atoms with van der Waals surface area (Å²) in [7, 11) is 3.98. The molecule has 1 aliphatic rings. The highest BCUT2D eigenvalue weighted by Crippen LogP contribution is 2.43. The maximum absolute atomic E-state index is 13.0. The van der Waals surface area contributed by atoms with Gasteiger partial charge in [0.15, 0.2) is 0 Å². The van der Waals surface area contributed by atoms with Crippen molar-refractivity contribution >= 4 is 17.6 Å². The van der Waals surface area contributed by atoms with Crippen LogP contribution >= 0.6 is 0 Å². The first-order valence-corrected chi connectivity index (χ1v) is 10.4. The number of hydrogen-bond donors (Lipinski definition) is 1. The van der Waals surface area contributed by atoms with Gasteiger partial charge in [-0.3, -0.25) is 4.90 Å². The van der Waals surface area contributed by atoms with Crippen LogP contribution in [0.2, 0.25) is 0 Å². The predicted molar refractivity (Wildman–Crippen MR) is 123 cm³/mol. The lowest BCUT2D eigenvalue weighted by molar-refractivity contribution is -0.139. The number of nitrogens with zero attached hydrogens (tertiary/aromatic N) is 2. The Kier molecular flexibility index (Phi) is 7.90. The molecule has 34 heavy (non-hydrogen) atoms. The Morgan fingerprint density at radius 2 is 1.62 bits per heavy atom. The zero-order chi connectivity index (χ0) is 24.7. The van der Waals surface area contributed by atoms with Crippen LogP contribution in [0.5, 0.6) is 5.75 Å². The molecule has 176 valence electrons. The molecular formula is C25H25N3O6. The summed E-state index contributed by atoms with van der Waals surface area (Å²) in [5.41, 5.74) is 7.40. The zero-order valence-corrected chi connectivity index (χ0v) is 19.1. The van der Waals surface area contributed by atoms with Crippen LogP contribution in [0.15, 0.2) is 77.3 Å². The van der Waals surface area contributed by atoms with E-state index in [0.717, 1.165) is 0 Å². The number of nitrogens with two attached hydrogens (primary N) is 1. The first-order valence-electron chi connectivity index (χ1n) is 10.4. The van der Waals surface area contributed by atoms with Crippen LogP contribution in [0.3, 0.4) is 0 Å².